The van der Waals surface area contributed by atoms with E-state index in [4.69, 9.17) is 9.47 Å². The number of aromatic nitrogens is 1. The maximum atomic E-state index is 10.7. The van der Waals surface area contributed by atoms with Crippen LogP contribution in [0, 0.1) is 0 Å². The van der Waals surface area contributed by atoms with Crippen molar-refractivity contribution in [3.63, 3.8) is 0 Å². The minimum atomic E-state index is -0.476. The summed E-state index contributed by atoms with van der Waals surface area (Å²) in [6.45, 7) is 0.961. The molecule has 0 aliphatic carbocycles. The lowest BCUT2D eigenvalue weighted by Gasteiger charge is -2.11. The third kappa shape index (κ3) is 2.94. The van der Waals surface area contributed by atoms with Crippen molar-refractivity contribution >= 4 is 12.3 Å². The Labute approximate surface area is 92.1 Å². The number of nitrogens with zero attached hydrogens (tertiary/aromatic N) is 1. The molecule has 16 heavy (non-hydrogen) atoms. The monoisotopic (exact) mass is 225 g/mol. The minimum absolute atomic E-state index is 0.0894. The summed E-state index contributed by atoms with van der Waals surface area (Å²) >= 11 is 0. The average molecular weight is 225 g/mol. The predicted octanol–water partition coefficient (Wildman–Crippen LogP) is 0.802. The Hall–Kier alpha value is -2.11. The number of hydrogen-bond acceptors (Lipinski definition) is 6. The summed E-state index contributed by atoms with van der Waals surface area (Å²) in [5.41, 5.74) is 0.0894. The number of carbonyl (C=O) groups is 2. The summed E-state index contributed by atoms with van der Waals surface area (Å²) in [4.78, 5) is 25.0. The maximum absolute atomic E-state index is 10.7. The Morgan fingerprint density at radius 1 is 1.56 bits per heavy atom. The molecular weight excluding hydrogens is 214 g/mol. The van der Waals surface area contributed by atoms with Crippen LogP contribution in [-0.2, 0) is 9.53 Å². The number of ether oxygens (including phenoxy) is 3. The van der Waals surface area contributed by atoms with Gasteiger partial charge in [0.25, 0.3) is 0 Å². The van der Waals surface area contributed by atoms with E-state index >= 15 is 0 Å². The summed E-state index contributed by atoms with van der Waals surface area (Å²) < 4.78 is 14.7. The lowest BCUT2D eigenvalue weighted by molar-refractivity contribution is -0.147. The zero-order valence-corrected chi connectivity index (χ0v) is 8.93. The minimum Gasteiger partial charge on any atom is -0.493 e. The van der Waals surface area contributed by atoms with Crippen LogP contribution in [0.2, 0.25) is 0 Å². The first-order valence-corrected chi connectivity index (χ1v) is 4.43. The fourth-order valence-electron chi connectivity index (χ4n) is 1.01. The molecule has 0 bridgehead atoms. The molecule has 0 amide bonds. The number of methoxy groups -OCH3 is 1. The zero-order chi connectivity index (χ0) is 12.0. The summed E-state index contributed by atoms with van der Waals surface area (Å²) in [5, 5.41) is 0. The fraction of sp³-hybridized carbons (Fsp3) is 0.300. The second-order valence-electron chi connectivity index (χ2n) is 2.74. The van der Waals surface area contributed by atoms with E-state index in [0.29, 0.717) is 12.0 Å². The zero-order valence-electron chi connectivity index (χ0n) is 8.93. The van der Waals surface area contributed by atoms with Crippen molar-refractivity contribution in [3.05, 3.63) is 18.0 Å². The molecule has 0 saturated carbocycles. The highest BCUT2D eigenvalue weighted by Crippen LogP contribution is 2.28. The molecule has 1 heterocycles. The van der Waals surface area contributed by atoms with Gasteiger partial charge in [-0.15, -0.1) is 0 Å². The van der Waals surface area contributed by atoms with Crippen LogP contribution < -0.4 is 9.47 Å². The quantitative estimate of drug-likeness (QED) is 0.419. The lowest BCUT2D eigenvalue weighted by atomic mass is 10.3. The van der Waals surface area contributed by atoms with Gasteiger partial charge in [0, 0.05) is 19.2 Å². The van der Waals surface area contributed by atoms with Crippen LogP contribution in [0.25, 0.3) is 0 Å². The Kier molecular flexibility index (Phi) is 4.26. The van der Waals surface area contributed by atoms with Gasteiger partial charge in [-0.3, -0.25) is 9.59 Å². The fourth-order valence-corrected chi connectivity index (χ4v) is 1.01. The normalized spacial score (nSPS) is 9.38. The average Bonchev–Trinajstić information content (AvgIpc) is 2.28. The highest BCUT2D eigenvalue weighted by Gasteiger charge is 2.11. The van der Waals surface area contributed by atoms with Crippen LogP contribution in [0.4, 0.5) is 0 Å². The SMILES string of the molecule is COc1ccnc(C=O)c1OCOC(C)=O. The first-order chi connectivity index (χ1) is 7.69. The van der Waals surface area contributed by atoms with Crippen molar-refractivity contribution < 1.29 is 23.8 Å². The standard InChI is InChI=1S/C10H11NO5/c1-7(13)15-6-16-10-8(5-12)11-4-3-9(10)14-2/h3-5H,6H2,1-2H3. The molecule has 0 spiro atoms. The maximum Gasteiger partial charge on any atom is 0.305 e. The second-order valence-corrected chi connectivity index (χ2v) is 2.74. The molecule has 86 valence electrons. The molecule has 0 aliphatic rings. The van der Waals surface area contributed by atoms with E-state index < -0.39 is 5.97 Å². The molecule has 6 nitrogen and oxygen atoms in total. The van der Waals surface area contributed by atoms with E-state index in [1.54, 1.807) is 0 Å². The third-order valence-corrected chi connectivity index (χ3v) is 1.69. The summed E-state index contributed by atoms with van der Waals surface area (Å²) in [5.74, 6) is 0.0287. The number of esters is 1. The number of hydrogen-bond donors (Lipinski definition) is 0. The number of carbonyl (C=O) groups excluding carboxylic acids is 2. The van der Waals surface area contributed by atoms with Crippen LogP contribution in [0.5, 0.6) is 11.5 Å². The van der Waals surface area contributed by atoms with Crippen molar-refractivity contribution in [3.8, 4) is 11.5 Å². The predicted molar refractivity (Wildman–Crippen MR) is 53.4 cm³/mol. The van der Waals surface area contributed by atoms with Crippen LogP contribution in [-0.4, -0.2) is 31.1 Å². The largest absolute Gasteiger partial charge is 0.493 e. The first kappa shape index (κ1) is 12.0. The molecule has 0 unspecified atom stereocenters. The highest BCUT2D eigenvalue weighted by molar-refractivity contribution is 5.78. The molecule has 0 atom stereocenters. The van der Waals surface area contributed by atoms with Gasteiger partial charge in [-0.05, 0) is 0 Å². The molecule has 1 aromatic heterocycles. The summed E-state index contributed by atoms with van der Waals surface area (Å²) in [7, 11) is 1.43. The highest BCUT2D eigenvalue weighted by atomic mass is 16.7. The van der Waals surface area contributed by atoms with E-state index in [9.17, 15) is 9.59 Å². The van der Waals surface area contributed by atoms with Crippen molar-refractivity contribution in [2.45, 2.75) is 6.92 Å². The van der Waals surface area contributed by atoms with Gasteiger partial charge in [0.15, 0.2) is 17.8 Å². The lowest BCUT2D eigenvalue weighted by Crippen LogP contribution is -2.09. The third-order valence-electron chi connectivity index (χ3n) is 1.69. The van der Waals surface area contributed by atoms with Gasteiger partial charge in [0.2, 0.25) is 6.79 Å². The van der Waals surface area contributed by atoms with Crippen LogP contribution in [0.15, 0.2) is 12.3 Å². The molecule has 0 N–H and O–H groups in total. The molecule has 0 fully saturated rings. The van der Waals surface area contributed by atoms with Crippen LogP contribution in [0.1, 0.15) is 17.4 Å². The Balaban J connectivity index is 2.82. The van der Waals surface area contributed by atoms with Crippen molar-refractivity contribution in [2.24, 2.45) is 0 Å². The van der Waals surface area contributed by atoms with E-state index in [1.807, 2.05) is 0 Å². The molecule has 0 saturated heterocycles. The first-order valence-electron chi connectivity index (χ1n) is 4.43. The Morgan fingerprint density at radius 3 is 2.88 bits per heavy atom. The van der Waals surface area contributed by atoms with Gasteiger partial charge in [0.05, 0.1) is 7.11 Å². The summed E-state index contributed by atoms with van der Waals surface area (Å²) in [6, 6.07) is 1.54. The molecular formula is C10H11NO5. The van der Waals surface area contributed by atoms with E-state index in [2.05, 4.69) is 9.72 Å². The van der Waals surface area contributed by atoms with E-state index in [-0.39, 0.29) is 18.2 Å². The van der Waals surface area contributed by atoms with Crippen molar-refractivity contribution in [1.29, 1.82) is 0 Å². The van der Waals surface area contributed by atoms with Gasteiger partial charge in [-0.2, -0.15) is 0 Å². The van der Waals surface area contributed by atoms with Gasteiger partial charge in [-0.25, -0.2) is 4.98 Å². The number of pyridine rings is 1. The number of aldehydes is 1. The van der Waals surface area contributed by atoms with Gasteiger partial charge in [-0.1, -0.05) is 0 Å². The van der Waals surface area contributed by atoms with Crippen molar-refractivity contribution in [1.82, 2.24) is 4.98 Å². The second kappa shape index (κ2) is 5.69. The molecule has 1 aromatic rings. The Morgan fingerprint density at radius 2 is 2.31 bits per heavy atom. The number of rotatable bonds is 5. The smallest absolute Gasteiger partial charge is 0.305 e. The van der Waals surface area contributed by atoms with E-state index in [1.165, 1.54) is 26.3 Å². The topological polar surface area (TPSA) is 74.7 Å². The Bertz CT molecular complexity index is 391. The van der Waals surface area contributed by atoms with Crippen LogP contribution >= 0.6 is 0 Å². The molecule has 0 aliphatic heterocycles. The molecule has 0 radical (unpaired) electrons. The van der Waals surface area contributed by atoms with Gasteiger partial charge < -0.3 is 14.2 Å². The van der Waals surface area contributed by atoms with Gasteiger partial charge in [0.1, 0.15) is 5.69 Å². The van der Waals surface area contributed by atoms with Crippen molar-refractivity contribution in [2.75, 3.05) is 13.9 Å². The molecule has 1 rings (SSSR count). The van der Waals surface area contributed by atoms with Crippen LogP contribution in [0.3, 0.4) is 0 Å². The van der Waals surface area contributed by atoms with E-state index in [0.717, 1.165) is 0 Å². The summed E-state index contributed by atoms with van der Waals surface area (Å²) in [6.07, 6.45) is 1.95. The molecule has 0 aromatic carbocycles. The van der Waals surface area contributed by atoms with Gasteiger partial charge >= 0.3 is 5.97 Å². The molecule has 6 heteroatoms.